The fraction of sp³-hybridized carbons (Fsp3) is 0.333. The molecule has 0 aliphatic rings. The summed E-state index contributed by atoms with van der Waals surface area (Å²) in [5.41, 5.74) is 3.99. The molecule has 2 aromatic carbocycles. The van der Waals surface area contributed by atoms with Crippen molar-refractivity contribution in [3.8, 4) is 5.75 Å². The molecule has 0 saturated carbocycles. The number of ether oxygens (including phenoxy) is 1. The maximum Gasteiger partial charge on any atom is 0.119 e. The van der Waals surface area contributed by atoms with Crippen LogP contribution in [-0.4, -0.2) is 6.61 Å². The first-order valence-corrected chi connectivity index (χ1v) is 8.03. The second-order valence-corrected chi connectivity index (χ2v) is 6.12. The zero-order valence-corrected chi connectivity index (χ0v) is 13.7. The smallest absolute Gasteiger partial charge is 0.119 e. The molecular weight excluding hydrogens is 312 g/mol. The van der Waals surface area contributed by atoms with E-state index in [1.54, 1.807) is 0 Å². The molecule has 2 aromatic rings. The molecule has 2 heteroatoms. The quantitative estimate of drug-likeness (QED) is 0.638. The highest BCUT2D eigenvalue weighted by Gasteiger charge is 2.10. The molecule has 0 fully saturated rings. The van der Waals surface area contributed by atoms with E-state index in [1.165, 1.54) is 16.7 Å². The van der Waals surface area contributed by atoms with Crippen molar-refractivity contribution in [2.75, 3.05) is 6.61 Å². The lowest BCUT2D eigenvalue weighted by molar-refractivity contribution is 0.317. The van der Waals surface area contributed by atoms with Gasteiger partial charge in [0.2, 0.25) is 0 Å². The van der Waals surface area contributed by atoms with Gasteiger partial charge in [0, 0.05) is 4.83 Å². The van der Waals surface area contributed by atoms with Crippen molar-refractivity contribution in [3.05, 3.63) is 65.2 Å². The highest BCUT2D eigenvalue weighted by Crippen LogP contribution is 2.30. The van der Waals surface area contributed by atoms with E-state index >= 15 is 0 Å². The lowest BCUT2D eigenvalue weighted by Gasteiger charge is -2.14. The van der Waals surface area contributed by atoms with E-state index in [4.69, 9.17) is 4.74 Å². The summed E-state index contributed by atoms with van der Waals surface area (Å²) in [6.07, 6.45) is 2.02. The highest BCUT2D eigenvalue weighted by atomic mass is 79.9. The Morgan fingerprint density at radius 2 is 1.90 bits per heavy atom. The van der Waals surface area contributed by atoms with Crippen LogP contribution >= 0.6 is 15.9 Å². The lowest BCUT2D eigenvalue weighted by Crippen LogP contribution is -1.99. The summed E-state index contributed by atoms with van der Waals surface area (Å²) in [6.45, 7) is 5.05. The third-order valence-corrected chi connectivity index (χ3v) is 4.21. The topological polar surface area (TPSA) is 9.23 Å². The van der Waals surface area contributed by atoms with Crippen molar-refractivity contribution in [3.63, 3.8) is 0 Å². The summed E-state index contributed by atoms with van der Waals surface area (Å²) in [7, 11) is 0. The lowest BCUT2D eigenvalue weighted by atomic mass is 10.0. The Morgan fingerprint density at radius 1 is 1.10 bits per heavy atom. The molecule has 2 rings (SSSR count). The van der Waals surface area contributed by atoms with Crippen LogP contribution in [0.5, 0.6) is 5.75 Å². The molecule has 0 aliphatic carbocycles. The van der Waals surface area contributed by atoms with Crippen LogP contribution in [0.25, 0.3) is 0 Å². The summed E-state index contributed by atoms with van der Waals surface area (Å²) in [6, 6.07) is 16.9. The van der Waals surface area contributed by atoms with E-state index in [9.17, 15) is 0 Å². The molecule has 0 aliphatic heterocycles. The van der Waals surface area contributed by atoms with Crippen molar-refractivity contribution in [1.82, 2.24) is 0 Å². The number of hydrogen-bond donors (Lipinski definition) is 0. The zero-order chi connectivity index (χ0) is 14.4. The van der Waals surface area contributed by atoms with Crippen LogP contribution in [-0.2, 0) is 6.42 Å². The van der Waals surface area contributed by atoms with Gasteiger partial charge in [-0.25, -0.2) is 0 Å². The second kappa shape index (κ2) is 7.49. The number of rotatable bonds is 6. The van der Waals surface area contributed by atoms with Crippen molar-refractivity contribution >= 4 is 15.9 Å². The van der Waals surface area contributed by atoms with Crippen LogP contribution < -0.4 is 4.74 Å². The molecule has 0 bridgehead atoms. The minimum atomic E-state index is 0.314. The van der Waals surface area contributed by atoms with Gasteiger partial charge in [-0.1, -0.05) is 59.3 Å². The molecule has 20 heavy (non-hydrogen) atoms. The number of hydrogen-bond acceptors (Lipinski definition) is 1. The van der Waals surface area contributed by atoms with Crippen molar-refractivity contribution in [2.24, 2.45) is 0 Å². The number of aryl methyl sites for hydroxylation is 1. The van der Waals surface area contributed by atoms with E-state index in [1.807, 2.05) is 6.07 Å². The zero-order valence-electron chi connectivity index (χ0n) is 12.1. The molecular formula is C18H21BrO. The SMILES string of the molecule is CCCOc1cccc(C(Br)Cc2ccccc2C)c1. The monoisotopic (exact) mass is 332 g/mol. The Hall–Kier alpha value is -1.28. The molecule has 0 saturated heterocycles. The van der Waals surface area contributed by atoms with Crippen LogP contribution in [0.3, 0.4) is 0 Å². The minimum absolute atomic E-state index is 0.314. The van der Waals surface area contributed by atoms with Gasteiger partial charge in [-0.2, -0.15) is 0 Å². The van der Waals surface area contributed by atoms with Crippen LogP contribution in [0.4, 0.5) is 0 Å². The Bertz CT molecular complexity index is 551. The van der Waals surface area contributed by atoms with Gasteiger partial charge in [0.25, 0.3) is 0 Å². The summed E-state index contributed by atoms with van der Waals surface area (Å²) in [4.78, 5) is 0.314. The van der Waals surface area contributed by atoms with Crippen LogP contribution in [0.2, 0.25) is 0 Å². The third kappa shape index (κ3) is 4.11. The number of benzene rings is 2. The standard InChI is InChI=1S/C18H21BrO/c1-3-11-20-17-10-6-9-16(12-17)18(19)13-15-8-5-4-7-14(15)2/h4-10,12,18H,3,11,13H2,1-2H3. The van der Waals surface area contributed by atoms with Gasteiger partial charge < -0.3 is 4.74 Å². The van der Waals surface area contributed by atoms with Crippen molar-refractivity contribution in [1.29, 1.82) is 0 Å². The Kier molecular flexibility index (Phi) is 5.66. The predicted molar refractivity (Wildman–Crippen MR) is 88.8 cm³/mol. The second-order valence-electron chi connectivity index (χ2n) is 5.02. The van der Waals surface area contributed by atoms with Crippen LogP contribution in [0.1, 0.15) is 34.9 Å². The molecule has 1 nitrogen and oxygen atoms in total. The van der Waals surface area contributed by atoms with E-state index in [2.05, 4.69) is 72.2 Å². The summed E-state index contributed by atoms with van der Waals surface area (Å²) < 4.78 is 5.70. The molecule has 1 atom stereocenters. The third-order valence-electron chi connectivity index (χ3n) is 3.35. The van der Waals surface area contributed by atoms with Gasteiger partial charge in [0.15, 0.2) is 0 Å². The first-order valence-electron chi connectivity index (χ1n) is 7.12. The Labute approximate surface area is 130 Å². The minimum Gasteiger partial charge on any atom is -0.494 e. The molecule has 106 valence electrons. The first kappa shape index (κ1) is 15.1. The average molecular weight is 333 g/mol. The van der Waals surface area contributed by atoms with Crippen LogP contribution in [0.15, 0.2) is 48.5 Å². The Morgan fingerprint density at radius 3 is 2.65 bits per heavy atom. The van der Waals surface area contributed by atoms with Crippen molar-refractivity contribution < 1.29 is 4.74 Å². The van der Waals surface area contributed by atoms with Gasteiger partial charge in [0.05, 0.1) is 6.61 Å². The van der Waals surface area contributed by atoms with Gasteiger partial charge in [0.1, 0.15) is 5.75 Å². The fourth-order valence-electron chi connectivity index (χ4n) is 2.17. The largest absolute Gasteiger partial charge is 0.494 e. The molecule has 0 radical (unpaired) electrons. The molecule has 0 aromatic heterocycles. The molecule has 0 spiro atoms. The normalized spacial score (nSPS) is 12.2. The van der Waals surface area contributed by atoms with Gasteiger partial charge >= 0.3 is 0 Å². The van der Waals surface area contributed by atoms with Gasteiger partial charge in [-0.15, -0.1) is 0 Å². The average Bonchev–Trinajstić information content (AvgIpc) is 2.48. The van der Waals surface area contributed by atoms with E-state index in [-0.39, 0.29) is 0 Å². The predicted octanol–water partition coefficient (Wildman–Crippen LogP) is 5.46. The fourth-order valence-corrected chi connectivity index (χ4v) is 2.80. The molecule has 1 unspecified atom stereocenters. The summed E-state index contributed by atoms with van der Waals surface area (Å²) in [5, 5.41) is 0. The van der Waals surface area contributed by atoms with Crippen LogP contribution in [0, 0.1) is 6.92 Å². The number of halogens is 1. The van der Waals surface area contributed by atoms with Gasteiger partial charge in [-0.3, -0.25) is 0 Å². The molecule has 0 amide bonds. The summed E-state index contributed by atoms with van der Waals surface area (Å²) in [5.74, 6) is 0.957. The Balaban J connectivity index is 2.09. The highest BCUT2D eigenvalue weighted by molar-refractivity contribution is 9.09. The molecule has 0 heterocycles. The van der Waals surface area contributed by atoms with Gasteiger partial charge in [-0.05, 0) is 48.6 Å². The molecule has 0 N–H and O–H groups in total. The maximum absolute atomic E-state index is 5.70. The van der Waals surface area contributed by atoms with E-state index in [0.29, 0.717) is 4.83 Å². The van der Waals surface area contributed by atoms with Crippen molar-refractivity contribution in [2.45, 2.75) is 31.5 Å². The number of alkyl halides is 1. The summed E-state index contributed by atoms with van der Waals surface area (Å²) >= 11 is 3.80. The first-order chi connectivity index (χ1) is 9.70. The maximum atomic E-state index is 5.70. The van der Waals surface area contributed by atoms with E-state index < -0.39 is 0 Å². The van der Waals surface area contributed by atoms with E-state index in [0.717, 1.165) is 25.2 Å².